The summed E-state index contributed by atoms with van der Waals surface area (Å²) in [4.78, 5) is 16.6. The van der Waals surface area contributed by atoms with Gasteiger partial charge in [0.2, 0.25) is 0 Å². The summed E-state index contributed by atoms with van der Waals surface area (Å²) >= 11 is 0. The summed E-state index contributed by atoms with van der Waals surface area (Å²) in [5, 5.41) is 0. The fraction of sp³-hybridized carbons (Fsp3) is 0.500. The molecule has 0 aromatic heterocycles. The minimum absolute atomic E-state index is 0.188. The number of allylic oxidation sites excluding steroid dienone is 6. The van der Waals surface area contributed by atoms with Crippen LogP contribution in [0.4, 0.5) is 0 Å². The molecular formula is C18H28N2O. The summed E-state index contributed by atoms with van der Waals surface area (Å²) in [7, 11) is 7.89. The molecule has 2 atom stereocenters. The maximum atomic E-state index is 12.7. The van der Waals surface area contributed by atoms with E-state index in [1.165, 1.54) is 0 Å². The molecule has 0 bridgehead atoms. The largest absolute Gasteiger partial charge is 0.383 e. The van der Waals surface area contributed by atoms with Gasteiger partial charge in [-0.15, -0.1) is 0 Å². The highest BCUT2D eigenvalue weighted by Crippen LogP contribution is 2.34. The van der Waals surface area contributed by atoms with Crippen molar-refractivity contribution in [3.8, 4) is 0 Å². The van der Waals surface area contributed by atoms with Crippen LogP contribution in [0.1, 0.15) is 20.3 Å². The molecular weight excluding hydrogens is 260 g/mol. The second-order valence-electron chi connectivity index (χ2n) is 6.22. The Labute approximate surface area is 129 Å². The molecule has 0 aromatic carbocycles. The normalized spacial score (nSPS) is 27.2. The van der Waals surface area contributed by atoms with E-state index in [2.05, 4.69) is 13.8 Å². The van der Waals surface area contributed by atoms with Crippen molar-refractivity contribution in [1.82, 2.24) is 9.80 Å². The van der Waals surface area contributed by atoms with Gasteiger partial charge in [-0.3, -0.25) is 4.79 Å². The Morgan fingerprint density at radius 1 is 0.857 bits per heavy atom. The van der Waals surface area contributed by atoms with E-state index in [1.54, 1.807) is 0 Å². The van der Waals surface area contributed by atoms with Crippen LogP contribution >= 0.6 is 0 Å². The van der Waals surface area contributed by atoms with Crippen LogP contribution in [0.2, 0.25) is 0 Å². The fourth-order valence-electron chi connectivity index (χ4n) is 2.52. The molecule has 0 saturated heterocycles. The third kappa shape index (κ3) is 5.25. The van der Waals surface area contributed by atoms with Crippen LogP contribution in [-0.2, 0) is 4.79 Å². The maximum absolute atomic E-state index is 12.7. The number of hydrogen-bond acceptors (Lipinski definition) is 3. The Balaban J connectivity index is 3.00. The summed E-state index contributed by atoms with van der Waals surface area (Å²) in [5.74, 6) is 0.816. The van der Waals surface area contributed by atoms with Crippen LogP contribution in [0.15, 0.2) is 47.9 Å². The van der Waals surface area contributed by atoms with E-state index in [0.717, 1.165) is 17.6 Å². The average molecular weight is 288 g/mol. The van der Waals surface area contributed by atoms with Gasteiger partial charge in [-0.2, -0.15) is 0 Å². The van der Waals surface area contributed by atoms with E-state index in [0.29, 0.717) is 11.8 Å². The van der Waals surface area contributed by atoms with Crippen molar-refractivity contribution in [3.05, 3.63) is 47.9 Å². The van der Waals surface area contributed by atoms with Gasteiger partial charge < -0.3 is 9.80 Å². The number of ketones is 1. The van der Waals surface area contributed by atoms with Crippen molar-refractivity contribution < 1.29 is 4.79 Å². The molecule has 0 amide bonds. The van der Waals surface area contributed by atoms with Crippen LogP contribution in [-0.4, -0.2) is 43.8 Å². The second kappa shape index (κ2) is 7.87. The standard InChI is InChI=1S/C18H28N2O/c1-14-13-15(2)17(10-8-12-20(5)6)18(21)16(14)9-7-11-19(3)4/h7-12,14-15H,13H2,1-6H3/b11-7+,12-8+,16-9+,17-10+. The summed E-state index contributed by atoms with van der Waals surface area (Å²) in [5.41, 5.74) is 1.83. The van der Waals surface area contributed by atoms with E-state index in [-0.39, 0.29) is 5.78 Å². The highest BCUT2D eigenvalue weighted by Gasteiger charge is 2.30. The zero-order chi connectivity index (χ0) is 16.0. The topological polar surface area (TPSA) is 23.6 Å². The zero-order valence-electron chi connectivity index (χ0n) is 14.1. The van der Waals surface area contributed by atoms with Crippen molar-refractivity contribution in [2.45, 2.75) is 20.3 Å². The fourth-order valence-corrected chi connectivity index (χ4v) is 2.52. The molecule has 2 unspecified atom stereocenters. The summed E-state index contributed by atoms with van der Waals surface area (Å²) in [6, 6.07) is 0. The predicted octanol–water partition coefficient (Wildman–Crippen LogP) is 3.23. The molecule has 0 N–H and O–H groups in total. The first kappa shape index (κ1) is 17.3. The molecule has 1 aliphatic rings. The molecule has 3 nitrogen and oxygen atoms in total. The SMILES string of the molecule is CC1CC(C)/C(=C\C=C\N(C)C)C(=O)/C1=C/C=C/N(C)C. The third-order valence-electron chi connectivity index (χ3n) is 3.61. The molecule has 0 aromatic rings. The first-order valence-corrected chi connectivity index (χ1v) is 7.47. The average Bonchev–Trinajstić information content (AvgIpc) is 2.36. The third-order valence-corrected chi connectivity index (χ3v) is 3.61. The highest BCUT2D eigenvalue weighted by atomic mass is 16.1. The number of rotatable bonds is 4. The number of carbonyl (C=O) groups excluding carboxylic acids is 1. The second-order valence-corrected chi connectivity index (χ2v) is 6.22. The minimum Gasteiger partial charge on any atom is -0.383 e. The quantitative estimate of drug-likeness (QED) is 0.742. The van der Waals surface area contributed by atoms with Crippen LogP contribution in [0.3, 0.4) is 0 Å². The van der Waals surface area contributed by atoms with E-state index in [4.69, 9.17) is 0 Å². The van der Waals surface area contributed by atoms with Crippen molar-refractivity contribution >= 4 is 5.78 Å². The lowest BCUT2D eigenvalue weighted by Gasteiger charge is -2.28. The van der Waals surface area contributed by atoms with Crippen LogP contribution in [0.25, 0.3) is 0 Å². The van der Waals surface area contributed by atoms with Gasteiger partial charge in [0.25, 0.3) is 0 Å². The van der Waals surface area contributed by atoms with Gasteiger partial charge in [0, 0.05) is 39.3 Å². The summed E-state index contributed by atoms with van der Waals surface area (Å²) < 4.78 is 0. The molecule has 0 spiro atoms. The molecule has 0 aliphatic heterocycles. The van der Waals surface area contributed by atoms with Gasteiger partial charge in [0.05, 0.1) is 0 Å². The van der Waals surface area contributed by atoms with E-state index < -0.39 is 0 Å². The number of nitrogens with zero attached hydrogens (tertiary/aromatic N) is 2. The smallest absolute Gasteiger partial charge is 0.185 e. The highest BCUT2D eigenvalue weighted by molar-refractivity contribution is 6.10. The van der Waals surface area contributed by atoms with Gasteiger partial charge in [-0.1, -0.05) is 26.0 Å². The lowest BCUT2D eigenvalue weighted by molar-refractivity contribution is -0.114. The Morgan fingerprint density at radius 2 is 1.24 bits per heavy atom. The van der Waals surface area contributed by atoms with Gasteiger partial charge in [-0.05, 0) is 42.8 Å². The van der Waals surface area contributed by atoms with Gasteiger partial charge in [-0.25, -0.2) is 0 Å². The van der Waals surface area contributed by atoms with Crippen LogP contribution in [0, 0.1) is 11.8 Å². The Bertz CT molecular complexity index is 439. The van der Waals surface area contributed by atoms with Crippen molar-refractivity contribution in [3.63, 3.8) is 0 Å². The van der Waals surface area contributed by atoms with E-state index >= 15 is 0 Å². The lowest BCUT2D eigenvalue weighted by atomic mass is 9.75. The van der Waals surface area contributed by atoms with E-state index in [1.807, 2.05) is 74.7 Å². The van der Waals surface area contributed by atoms with Crippen LogP contribution < -0.4 is 0 Å². The van der Waals surface area contributed by atoms with Crippen molar-refractivity contribution in [2.75, 3.05) is 28.2 Å². The maximum Gasteiger partial charge on any atom is 0.185 e. The minimum atomic E-state index is 0.188. The Kier molecular flexibility index (Phi) is 6.47. The van der Waals surface area contributed by atoms with Gasteiger partial charge in [0.15, 0.2) is 5.78 Å². The lowest BCUT2D eigenvalue weighted by Crippen LogP contribution is -2.25. The number of carbonyl (C=O) groups is 1. The van der Waals surface area contributed by atoms with Crippen molar-refractivity contribution in [2.24, 2.45) is 11.8 Å². The molecule has 1 saturated carbocycles. The van der Waals surface area contributed by atoms with Gasteiger partial charge >= 0.3 is 0 Å². The molecule has 116 valence electrons. The van der Waals surface area contributed by atoms with Crippen LogP contribution in [0.5, 0.6) is 0 Å². The molecule has 1 aliphatic carbocycles. The molecule has 3 heteroatoms. The van der Waals surface area contributed by atoms with Crippen molar-refractivity contribution in [1.29, 1.82) is 0 Å². The number of Topliss-reactive ketones (excluding diaryl/α,β-unsaturated/α-hetero) is 1. The van der Waals surface area contributed by atoms with Gasteiger partial charge in [0.1, 0.15) is 0 Å². The van der Waals surface area contributed by atoms with E-state index in [9.17, 15) is 4.79 Å². The molecule has 1 fully saturated rings. The predicted molar refractivity (Wildman–Crippen MR) is 89.8 cm³/mol. The first-order chi connectivity index (χ1) is 9.82. The molecule has 1 rings (SSSR count). The summed E-state index contributed by atoms with van der Waals surface area (Å²) in [6.07, 6.45) is 12.8. The Morgan fingerprint density at radius 3 is 1.57 bits per heavy atom. The monoisotopic (exact) mass is 288 g/mol. The number of hydrogen-bond donors (Lipinski definition) is 0. The molecule has 0 heterocycles. The Hall–Kier alpha value is -1.77. The zero-order valence-corrected chi connectivity index (χ0v) is 14.1. The summed E-state index contributed by atoms with van der Waals surface area (Å²) in [6.45, 7) is 4.27. The molecule has 21 heavy (non-hydrogen) atoms. The first-order valence-electron chi connectivity index (χ1n) is 7.47. The molecule has 0 radical (unpaired) electrons.